The van der Waals surface area contributed by atoms with Gasteiger partial charge in [-0.25, -0.2) is 4.98 Å². The van der Waals surface area contributed by atoms with E-state index in [-0.39, 0.29) is 30.4 Å². The van der Waals surface area contributed by atoms with Crippen molar-refractivity contribution in [1.82, 2.24) is 15.0 Å². The van der Waals surface area contributed by atoms with Crippen molar-refractivity contribution >= 4 is 11.6 Å². The highest BCUT2D eigenvalue weighted by atomic mass is 16.5. The first-order chi connectivity index (χ1) is 15.4. The first kappa shape index (κ1) is 21.5. The molecule has 0 bridgehead atoms. The van der Waals surface area contributed by atoms with E-state index in [2.05, 4.69) is 20.3 Å². The summed E-state index contributed by atoms with van der Waals surface area (Å²) in [4.78, 5) is 36.6. The number of rotatable bonds is 7. The zero-order chi connectivity index (χ0) is 22.7. The molecular weight excluding hydrogens is 408 g/mol. The lowest BCUT2D eigenvalue weighted by Gasteiger charge is -2.14. The number of ether oxygens (including phenoxy) is 2. The Hall–Kier alpha value is -3.68. The molecule has 1 atom stereocenters. The van der Waals surface area contributed by atoms with Crippen LogP contribution in [0.5, 0.6) is 11.5 Å². The smallest absolute Gasteiger partial charge is 0.254 e. The van der Waals surface area contributed by atoms with Crippen LogP contribution in [-0.2, 0) is 17.6 Å². The SMILES string of the molecule is CCOc1cc2c(cc1NC(=O)CCc1c(C)nc(-c3ccncc3)[nH]c1=O)OC(C)C2. The van der Waals surface area contributed by atoms with E-state index in [1.165, 1.54) is 0 Å². The maximum atomic E-state index is 12.7. The molecule has 1 unspecified atom stereocenters. The second kappa shape index (κ2) is 9.21. The van der Waals surface area contributed by atoms with Crippen LogP contribution in [0, 0.1) is 6.92 Å². The van der Waals surface area contributed by atoms with E-state index in [0.717, 1.165) is 23.3 Å². The standard InChI is InChI=1S/C24H26N4O4/c1-4-31-21-12-17-11-14(2)32-20(17)13-19(21)27-22(29)6-5-18-15(3)26-23(28-24(18)30)16-7-9-25-10-8-16/h7-10,12-14H,4-6,11H2,1-3H3,(H,27,29)(H,26,28,30). The number of benzene rings is 1. The number of nitrogens with zero attached hydrogens (tertiary/aromatic N) is 2. The molecule has 0 saturated carbocycles. The van der Waals surface area contributed by atoms with Crippen LogP contribution >= 0.6 is 0 Å². The molecule has 8 heteroatoms. The molecule has 1 aliphatic heterocycles. The van der Waals surface area contributed by atoms with E-state index in [0.29, 0.717) is 35.1 Å². The first-order valence-electron chi connectivity index (χ1n) is 10.7. The number of pyridine rings is 1. The highest BCUT2D eigenvalue weighted by Gasteiger charge is 2.22. The van der Waals surface area contributed by atoms with Gasteiger partial charge >= 0.3 is 0 Å². The highest BCUT2D eigenvalue weighted by Crippen LogP contribution is 2.38. The molecule has 3 aromatic rings. The number of aromatic amines is 1. The maximum absolute atomic E-state index is 12.7. The second-order valence-corrected chi connectivity index (χ2v) is 7.78. The van der Waals surface area contributed by atoms with E-state index >= 15 is 0 Å². The first-order valence-corrected chi connectivity index (χ1v) is 10.7. The average Bonchev–Trinajstić information content (AvgIpc) is 3.12. The summed E-state index contributed by atoms with van der Waals surface area (Å²) in [6, 6.07) is 7.29. The van der Waals surface area contributed by atoms with E-state index in [1.807, 2.05) is 26.0 Å². The van der Waals surface area contributed by atoms with E-state index in [1.54, 1.807) is 31.5 Å². The molecule has 8 nitrogen and oxygen atoms in total. The number of carbonyl (C=O) groups excluding carboxylic acids is 1. The van der Waals surface area contributed by atoms with Gasteiger partial charge in [0.05, 0.1) is 12.3 Å². The Morgan fingerprint density at radius 2 is 2.09 bits per heavy atom. The summed E-state index contributed by atoms with van der Waals surface area (Å²) in [5, 5.41) is 2.90. The monoisotopic (exact) mass is 434 g/mol. The van der Waals surface area contributed by atoms with Crippen molar-refractivity contribution in [2.24, 2.45) is 0 Å². The van der Waals surface area contributed by atoms with Gasteiger partial charge in [-0.3, -0.25) is 14.6 Å². The molecule has 3 heterocycles. The Labute approximate surface area is 186 Å². The van der Waals surface area contributed by atoms with Crippen LogP contribution < -0.4 is 20.3 Å². The predicted molar refractivity (Wildman–Crippen MR) is 121 cm³/mol. The van der Waals surface area contributed by atoms with Crippen molar-refractivity contribution in [3.8, 4) is 22.9 Å². The lowest BCUT2D eigenvalue weighted by Crippen LogP contribution is -2.20. The van der Waals surface area contributed by atoms with Crippen LogP contribution in [0.2, 0.25) is 0 Å². The molecule has 0 fully saturated rings. The quantitative estimate of drug-likeness (QED) is 0.590. The fourth-order valence-electron chi connectivity index (χ4n) is 3.81. The van der Waals surface area contributed by atoms with E-state index in [9.17, 15) is 9.59 Å². The Morgan fingerprint density at radius 3 is 2.81 bits per heavy atom. The number of H-pyrrole nitrogens is 1. The number of fused-ring (bicyclic) bond motifs is 1. The van der Waals surface area contributed by atoms with Gasteiger partial charge < -0.3 is 19.8 Å². The Kier molecular flexibility index (Phi) is 6.20. The number of nitrogens with one attached hydrogen (secondary N) is 2. The van der Waals surface area contributed by atoms with Gasteiger partial charge in [-0.1, -0.05) is 0 Å². The van der Waals surface area contributed by atoms with Crippen molar-refractivity contribution in [3.05, 3.63) is 63.8 Å². The summed E-state index contributed by atoms with van der Waals surface area (Å²) >= 11 is 0. The number of carbonyl (C=O) groups is 1. The number of aromatic nitrogens is 3. The molecule has 0 aliphatic carbocycles. The van der Waals surface area contributed by atoms with Gasteiger partial charge in [-0.05, 0) is 45.4 Å². The number of amides is 1. The number of hydrogen-bond donors (Lipinski definition) is 2. The molecule has 0 spiro atoms. The third-order valence-electron chi connectivity index (χ3n) is 5.35. The zero-order valence-electron chi connectivity index (χ0n) is 18.4. The van der Waals surface area contributed by atoms with Gasteiger partial charge in [0, 0.05) is 53.7 Å². The van der Waals surface area contributed by atoms with Crippen LogP contribution in [0.15, 0.2) is 41.5 Å². The fraction of sp³-hybridized carbons (Fsp3) is 0.333. The van der Waals surface area contributed by atoms with Crippen molar-refractivity contribution in [3.63, 3.8) is 0 Å². The van der Waals surface area contributed by atoms with Gasteiger partial charge in [0.1, 0.15) is 23.4 Å². The molecule has 32 heavy (non-hydrogen) atoms. The lowest BCUT2D eigenvalue weighted by molar-refractivity contribution is -0.116. The van der Waals surface area contributed by atoms with Gasteiger partial charge in [-0.15, -0.1) is 0 Å². The summed E-state index contributed by atoms with van der Waals surface area (Å²) in [7, 11) is 0. The van der Waals surface area contributed by atoms with Gasteiger partial charge in [0.15, 0.2) is 0 Å². The molecule has 2 N–H and O–H groups in total. The average molecular weight is 434 g/mol. The minimum atomic E-state index is -0.243. The van der Waals surface area contributed by atoms with Gasteiger partial charge in [0.2, 0.25) is 5.91 Å². The molecule has 1 amide bonds. The van der Waals surface area contributed by atoms with Crippen LogP contribution in [-0.4, -0.2) is 33.6 Å². The Bertz CT molecular complexity index is 1190. The summed E-state index contributed by atoms with van der Waals surface area (Å²) in [5.41, 5.74) is 3.27. The number of aryl methyl sites for hydroxylation is 1. The summed E-state index contributed by atoms with van der Waals surface area (Å²) in [5.74, 6) is 1.65. The number of anilines is 1. The lowest BCUT2D eigenvalue weighted by atomic mass is 10.1. The molecule has 1 aliphatic rings. The number of hydrogen-bond acceptors (Lipinski definition) is 6. The Balaban J connectivity index is 1.47. The van der Waals surface area contributed by atoms with E-state index < -0.39 is 0 Å². The third kappa shape index (κ3) is 4.64. The van der Waals surface area contributed by atoms with Crippen LogP contribution in [0.4, 0.5) is 5.69 Å². The van der Waals surface area contributed by atoms with Crippen LogP contribution in [0.3, 0.4) is 0 Å². The molecule has 1 aromatic carbocycles. The summed E-state index contributed by atoms with van der Waals surface area (Å²) in [6.45, 7) is 6.17. The van der Waals surface area contributed by atoms with Gasteiger partial charge in [-0.2, -0.15) is 0 Å². The largest absolute Gasteiger partial charge is 0.492 e. The minimum Gasteiger partial charge on any atom is -0.492 e. The highest BCUT2D eigenvalue weighted by molar-refractivity contribution is 5.93. The summed E-state index contributed by atoms with van der Waals surface area (Å²) in [6.07, 6.45) is 4.62. The zero-order valence-corrected chi connectivity index (χ0v) is 18.4. The molecule has 4 rings (SSSR count). The molecular formula is C24H26N4O4. The molecule has 0 radical (unpaired) electrons. The molecule has 166 valence electrons. The van der Waals surface area contributed by atoms with Crippen molar-refractivity contribution < 1.29 is 14.3 Å². The molecule has 2 aromatic heterocycles. The normalized spacial score (nSPS) is 14.5. The second-order valence-electron chi connectivity index (χ2n) is 7.78. The maximum Gasteiger partial charge on any atom is 0.254 e. The predicted octanol–water partition coefficient (Wildman–Crippen LogP) is 3.43. The Morgan fingerprint density at radius 1 is 1.31 bits per heavy atom. The van der Waals surface area contributed by atoms with Crippen molar-refractivity contribution in [1.29, 1.82) is 0 Å². The fourth-order valence-corrected chi connectivity index (χ4v) is 3.81. The topological polar surface area (TPSA) is 106 Å². The third-order valence-corrected chi connectivity index (χ3v) is 5.35. The molecule has 0 saturated heterocycles. The van der Waals surface area contributed by atoms with Gasteiger partial charge in [0.25, 0.3) is 5.56 Å². The van der Waals surface area contributed by atoms with Crippen molar-refractivity contribution in [2.45, 2.75) is 46.1 Å². The van der Waals surface area contributed by atoms with Crippen LogP contribution in [0.1, 0.15) is 37.1 Å². The van der Waals surface area contributed by atoms with Crippen LogP contribution in [0.25, 0.3) is 11.4 Å². The van der Waals surface area contributed by atoms with Crippen molar-refractivity contribution in [2.75, 3.05) is 11.9 Å². The minimum absolute atomic E-state index is 0.0998. The van der Waals surface area contributed by atoms with E-state index in [4.69, 9.17) is 9.47 Å². The summed E-state index contributed by atoms with van der Waals surface area (Å²) < 4.78 is 11.5.